The molecule has 2 atom stereocenters. The van der Waals surface area contributed by atoms with Gasteiger partial charge in [-0.25, -0.2) is 0 Å². The zero-order valence-electron chi connectivity index (χ0n) is 12.9. The first-order valence-corrected chi connectivity index (χ1v) is 8.09. The zero-order valence-corrected chi connectivity index (χ0v) is 12.9. The van der Waals surface area contributed by atoms with Crippen molar-refractivity contribution in [3.8, 4) is 0 Å². The van der Waals surface area contributed by atoms with Gasteiger partial charge in [0.1, 0.15) is 0 Å². The predicted octanol–water partition coefficient (Wildman–Crippen LogP) is 2.17. The van der Waals surface area contributed by atoms with E-state index in [1.807, 2.05) is 0 Å². The molecular weight excluding hydrogens is 270 g/mol. The summed E-state index contributed by atoms with van der Waals surface area (Å²) in [5.74, 6) is -0.825. The van der Waals surface area contributed by atoms with E-state index in [0.29, 0.717) is 6.42 Å². The Morgan fingerprint density at radius 2 is 1.71 bits per heavy atom. The molecule has 2 fully saturated rings. The third-order valence-electron chi connectivity index (χ3n) is 5.30. The van der Waals surface area contributed by atoms with Crippen LogP contribution in [-0.4, -0.2) is 46.2 Å². The van der Waals surface area contributed by atoms with Gasteiger partial charge in [-0.3, -0.25) is 9.59 Å². The summed E-state index contributed by atoms with van der Waals surface area (Å²) in [4.78, 5) is 25.3. The molecule has 5 heteroatoms. The number of amides is 1. The number of aliphatic carboxylic acids is 1. The Labute approximate surface area is 126 Å². The van der Waals surface area contributed by atoms with Crippen LogP contribution in [0, 0.1) is 5.41 Å². The van der Waals surface area contributed by atoms with Gasteiger partial charge in [-0.15, -0.1) is 0 Å². The van der Waals surface area contributed by atoms with Crippen molar-refractivity contribution in [2.75, 3.05) is 7.05 Å². The third-order valence-corrected chi connectivity index (χ3v) is 5.30. The molecule has 0 spiro atoms. The van der Waals surface area contributed by atoms with Crippen molar-refractivity contribution in [2.24, 2.45) is 5.41 Å². The standard InChI is InChI=1S/C16H27NO4/c1-17(12-6-2-3-7-13(12)18)14(19)10-16(11-15(20)21)8-4-5-9-16/h12-13,18H,2-11H2,1H3,(H,20,21). The smallest absolute Gasteiger partial charge is 0.303 e. The number of carbonyl (C=O) groups is 2. The molecule has 2 aliphatic rings. The number of rotatable bonds is 5. The highest BCUT2D eigenvalue weighted by atomic mass is 16.4. The quantitative estimate of drug-likeness (QED) is 0.815. The molecule has 1 amide bonds. The van der Waals surface area contributed by atoms with E-state index in [0.717, 1.165) is 51.4 Å². The molecule has 2 N–H and O–H groups in total. The second-order valence-corrected chi connectivity index (χ2v) is 6.88. The summed E-state index contributed by atoms with van der Waals surface area (Å²) in [5.41, 5.74) is -0.364. The van der Waals surface area contributed by atoms with Crippen LogP contribution >= 0.6 is 0 Å². The average molecular weight is 297 g/mol. The second-order valence-electron chi connectivity index (χ2n) is 6.88. The Balaban J connectivity index is 1.99. The molecule has 2 unspecified atom stereocenters. The monoisotopic (exact) mass is 297 g/mol. The summed E-state index contributed by atoms with van der Waals surface area (Å²) >= 11 is 0. The largest absolute Gasteiger partial charge is 0.481 e. The first-order chi connectivity index (χ1) is 9.93. The van der Waals surface area contributed by atoms with E-state index < -0.39 is 12.1 Å². The van der Waals surface area contributed by atoms with Gasteiger partial charge in [-0.2, -0.15) is 0 Å². The lowest BCUT2D eigenvalue weighted by atomic mass is 9.79. The van der Waals surface area contributed by atoms with Crippen LogP contribution in [0.15, 0.2) is 0 Å². The van der Waals surface area contributed by atoms with E-state index in [2.05, 4.69) is 0 Å². The van der Waals surface area contributed by atoms with Crippen LogP contribution in [0.2, 0.25) is 0 Å². The van der Waals surface area contributed by atoms with Gasteiger partial charge < -0.3 is 15.1 Å². The van der Waals surface area contributed by atoms with E-state index in [-0.39, 0.29) is 23.8 Å². The van der Waals surface area contributed by atoms with Crippen molar-refractivity contribution in [3.05, 3.63) is 0 Å². The number of aliphatic hydroxyl groups is 1. The van der Waals surface area contributed by atoms with Gasteiger partial charge in [0, 0.05) is 13.5 Å². The van der Waals surface area contributed by atoms with E-state index in [1.165, 1.54) is 0 Å². The van der Waals surface area contributed by atoms with Crippen molar-refractivity contribution < 1.29 is 19.8 Å². The topological polar surface area (TPSA) is 77.8 Å². The minimum atomic E-state index is -0.815. The summed E-state index contributed by atoms with van der Waals surface area (Å²) in [6, 6.07) is -0.102. The Bertz CT molecular complexity index is 390. The molecule has 0 aromatic rings. The molecule has 2 rings (SSSR count). The fourth-order valence-corrected chi connectivity index (χ4v) is 4.04. The van der Waals surface area contributed by atoms with Crippen LogP contribution in [-0.2, 0) is 9.59 Å². The molecule has 0 aromatic heterocycles. The highest BCUT2D eigenvalue weighted by Gasteiger charge is 2.40. The van der Waals surface area contributed by atoms with E-state index >= 15 is 0 Å². The Morgan fingerprint density at radius 3 is 2.29 bits per heavy atom. The van der Waals surface area contributed by atoms with Crippen molar-refractivity contribution in [2.45, 2.75) is 76.4 Å². The molecule has 21 heavy (non-hydrogen) atoms. The van der Waals surface area contributed by atoms with Gasteiger partial charge in [0.15, 0.2) is 0 Å². The zero-order chi connectivity index (χ0) is 15.5. The first-order valence-electron chi connectivity index (χ1n) is 8.09. The van der Waals surface area contributed by atoms with E-state index in [1.54, 1.807) is 11.9 Å². The van der Waals surface area contributed by atoms with Gasteiger partial charge in [0.25, 0.3) is 0 Å². The van der Waals surface area contributed by atoms with Gasteiger partial charge in [0.2, 0.25) is 5.91 Å². The molecule has 2 aliphatic carbocycles. The SMILES string of the molecule is CN(C(=O)CC1(CC(=O)O)CCCC1)C1CCCCC1O. The lowest BCUT2D eigenvalue weighted by molar-refractivity contribution is -0.142. The normalized spacial score (nSPS) is 28.3. The molecule has 2 saturated carbocycles. The maximum absolute atomic E-state index is 12.6. The highest BCUT2D eigenvalue weighted by molar-refractivity contribution is 5.78. The van der Waals surface area contributed by atoms with Crippen LogP contribution in [0.1, 0.15) is 64.2 Å². The predicted molar refractivity (Wildman–Crippen MR) is 78.8 cm³/mol. The van der Waals surface area contributed by atoms with Crippen molar-refractivity contribution in [1.82, 2.24) is 4.90 Å². The lowest BCUT2D eigenvalue weighted by Crippen LogP contribution is -2.47. The summed E-state index contributed by atoms with van der Waals surface area (Å²) in [5, 5.41) is 19.2. The molecular formula is C16H27NO4. The molecule has 0 bridgehead atoms. The number of carbonyl (C=O) groups excluding carboxylic acids is 1. The van der Waals surface area contributed by atoms with Crippen LogP contribution < -0.4 is 0 Å². The number of nitrogens with zero attached hydrogens (tertiary/aromatic N) is 1. The maximum atomic E-state index is 12.6. The minimum absolute atomic E-state index is 0.0101. The molecule has 0 radical (unpaired) electrons. The van der Waals surface area contributed by atoms with Crippen molar-refractivity contribution in [3.63, 3.8) is 0 Å². The summed E-state index contributed by atoms with van der Waals surface area (Å²) in [7, 11) is 1.75. The molecule has 0 heterocycles. The van der Waals surface area contributed by atoms with Gasteiger partial charge in [-0.1, -0.05) is 25.7 Å². The minimum Gasteiger partial charge on any atom is -0.481 e. The van der Waals surface area contributed by atoms with E-state index in [4.69, 9.17) is 5.11 Å². The molecule has 0 saturated heterocycles. The number of carboxylic acids is 1. The lowest BCUT2D eigenvalue weighted by Gasteiger charge is -2.37. The summed E-state index contributed by atoms with van der Waals surface area (Å²) in [6.45, 7) is 0. The number of hydrogen-bond acceptors (Lipinski definition) is 3. The molecule has 0 aliphatic heterocycles. The van der Waals surface area contributed by atoms with Crippen LogP contribution in [0.5, 0.6) is 0 Å². The van der Waals surface area contributed by atoms with Crippen molar-refractivity contribution in [1.29, 1.82) is 0 Å². The summed E-state index contributed by atoms with van der Waals surface area (Å²) < 4.78 is 0. The van der Waals surface area contributed by atoms with Gasteiger partial charge >= 0.3 is 5.97 Å². The summed E-state index contributed by atoms with van der Waals surface area (Å²) in [6.07, 6.45) is 7.27. The number of likely N-dealkylation sites (N-methyl/N-ethyl adjacent to an activating group) is 1. The van der Waals surface area contributed by atoms with E-state index in [9.17, 15) is 14.7 Å². The fraction of sp³-hybridized carbons (Fsp3) is 0.875. The average Bonchev–Trinajstić information content (AvgIpc) is 2.85. The number of carboxylic acid groups (broad SMARTS) is 1. The third kappa shape index (κ3) is 3.96. The Morgan fingerprint density at radius 1 is 1.10 bits per heavy atom. The fourth-order valence-electron chi connectivity index (χ4n) is 4.04. The number of hydrogen-bond donors (Lipinski definition) is 2. The first kappa shape index (κ1) is 16.3. The van der Waals surface area contributed by atoms with Crippen LogP contribution in [0.25, 0.3) is 0 Å². The highest BCUT2D eigenvalue weighted by Crippen LogP contribution is 2.44. The van der Waals surface area contributed by atoms with Gasteiger partial charge in [0.05, 0.1) is 18.6 Å². The van der Waals surface area contributed by atoms with Crippen LogP contribution in [0.3, 0.4) is 0 Å². The van der Waals surface area contributed by atoms with Crippen LogP contribution in [0.4, 0.5) is 0 Å². The van der Waals surface area contributed by atoms with Gasteiger partial charge in [-0.05, 0) is 31.1 Å². The molecule has 0 aromatic carbocycles. The van der Waals surface area contributed by atoms with Crippen molar-refractivity contribution >= 4 is 11.9 Å². The Hall–Kier alpha value is -1.10. The maximum Gasteiger partial charge on any atom is 0.303 e. The Kier molecular flexibility index (Phi) is 5.25. The molecule has 5 nitrogen and oxygen atoms in total. The molecule has 120 valence electrons. The second kappa shape index (κ2) is 6.77. The number of aliphatic hydroxyl groups excluding tert-OH is 1.